The summed E-state index contributed by atoms with van der Waals surface area (Å²) in [5, 5.41) is 11.7. The van der Waals surface area contributed by atoms with Crippen LogP contribution in [0.4, 0.5) is 5.95 Å². The van der Waals surface area contributed by atoms with Crippen LogP contribution >= 0.6 is 0 Å². The highest BCUT2D eigenvalue weighted by Crippen LogP contribution is 2.09. The van der Waals surface area contributed by atoms with Crippen molar-refractivity contribution >= 4 is 23.1 Å². The average molecular weight is 297 g/mol. The molecule has 1 unspecified atom stereocenters. The van der Waals surface area contributed by atoms with E-state index in [1.165, 1.54) is 25.8 Å². The van der Waals surface area contributed by atoms with Gasteiger partial charge in [-0.25, -0.2) is 9.59 Å². The Morgan fingerprint density at radius 2 is 2.10 bits per heavy atom. The van der Waals surface area contributed by atoms with Crippen LogP contribution in [-0.4, -0.2) is 49.9 Å². The highest BCUT2D eigenvalue weighted by atomic mass is 16.5. The van der Waals surface area contributed by atoms with E-state index in [-0.39, 0.29) is 17.1 Å². The molecule has 21 heavy (non-hydrogen) atoms. The number of methoxy groups -OCH3 is 1. The molecular formula is C11H15N5O5. The second kappa shape index (κ2) is 5.40. The Labute approximate surface area is 118 Å². The minimum atomic E-state index is -1.03. The van der Waals surface area contributed by atoms with E-state index >= 15 is 0 Å². The standard InChI is InChI=1S/C11H15N5O5/c1-15-7-6(8(18)16(2)11(15)20)13-10(14-7)12-5(4-17)9(19)21-3/h5,17H,4H2,1-3H3,(H2,12,13,14). The number of fused-ring (bicyclic) bond motifs is 1. The molecule has 0 saturated carbocycles. The van der Waals surface area contributed by atoms with Crippen molar-refractivity contribution in [3.05, 3.63) is 20.8 Å². The van der Waals surface area contributed by atoms with Gasteiger partial charge in [-0.3, -0.25) is 13.9 Å². The number of nitrogens with zero attached hydrogens (tertiary/aromatic N) is 3. The third-order valence-electron chi connectivity index (χ3n) is 3.07. The maximum atomic E-state index is 12.0. The molecule has 2 heterocycles. The van der Waals surface area contributed by atoms with Crippen LogP contribution in [0.25, 0.3) is 11.2 Å². The highest BCUT2D eigenvalue weighted by Gasteiger charge is 2.20. The zero-order valence-corrected chi connectivity index (χ0v) is 11.7. The monoisotopic (exact) mass is 297 g/mol. The molecule has 0 fully saturated rings. The molecule has 0 radical (unpaired) electrons. The summed E-state index contributed by atoms with van der Waals surface area (Å²) in [5.74, 6) is -0.604. The Hall–Kier alpha value is -2.62. The third kappa shape index (κ3) is 2.40. The van der Waals surface area contributed by atoms with Gasteiger partial charge in [-0.1, -0.05) is 0 Å². The van der Waals surface area contributed by atoms with E-state index in [0.717, 1.165) is 4.57 Å². The van der Waals surface area contributed by atoms with E-state index in [1.54, 1.807) is 0 Å². The van der Waals surface area contributed by atoms with Crippen LogP contribution in [0.3, 0.4) is 0 Å². The molecule has 0 bridgehead atoms. The van der Waals surface area contributed by atoms with Crippen LogP contribution in [-0.2, 0) is 23.6 Å². The number of carbonyl (C=O) groups excluding carboxylic acids is 1. The van der Waals surface area contributed by atoms with Gasteiger partial charge in [0.2, 0.25) is 5.95 Å². The second-order valence-corrected chi connectivity index (χ2v) is 4.39. The minimum Gasteiger partial charge on any atom is -0.467 e. The molecule has 0 spiro atoms. The predicted molar refractivity (Wildman–Crippen MR) is 73.1 cm³/mol. The van der Waals surface area contributed by atoms with Gasteiger partial charge in [0.25, 0.3) is 5.56 Å². The molecule has 3 N–H and O–H groups in total. The molecule has 0 aliphatic rings. The molecule has 0 aromatic carbocycles. The summed E-state index contributed by atoms with van der Waals surface area (Å²) >= 11 is 0. The summed E-state index contributed by atoms with van der Waals surface area (Å²) in [6.45, 7) is -0.513. The number of carbonyl (C=O) groups is 1. The van der Waals surface area contributed by atoms with Crippen LogP contribution in [0, 0.1) is 0 Å². The normalized spacial score (nSPS) is 12.4. The summed E-state index contributed by atoms with van der Waals surface area (Å²) in [5.41, 5.74) is -0.791. The molecule has 0 saturated heterocycles. The molecule has 2 aromatic rings. The summed E-state index contributed by atoms with van der Waals surface area (Å²) in [7, 11) is 4.01. The topological polar surface area (TPSA) is 131 Å². The van der Waals surface area contributed by atoms with Crippen LogP contribution in [0.2, 0.25) is 0 Å². The second-order valence-electron chi connectivity index (χ2n) is 4.39. The number of hydrogen-bond acceptors (Lipinski definition) is 7. The van der Waals surface area contributed by atoms with E-state index in [1.807, 2.05) is 0 Å². The van der Waals surface area contributed by atoms with Crippen molar-refractivity contribution in [2.24, 2.45) is 14.1 Å². The fourth-order valence-corrected chi connectivity index (χ4v) is 1.88. The maximum Gasteiger partial charge on any atom is 0.332 e. The van der Waals surface area contributed by atoms with Gasteiger partial charge >= 0.3 is 11.7 Å². The van der Waals surface area contributed by atoms with Crippen LogP contribution in [0.1, 0.15) is 0 Å². The zero-order valence-electron chi connectivity index (χ0n) is 11.7. The molecule has 0 aliphatic carbocycles. The van der Waals surface area contributed by atoms with Crippen molar-refractivity contribution in [3.8, 4) is 0 Å². The fourth-order valence-electron chi connectivity index (χ4n) is 1.88. The number of aryl methyl sites for hydroxylation is 1. The predicted octanol–water partition coefficient (Wildman–Crippen LogP) is -2.09. The van der Waals surface area contributed by atoms with E-state index in [9.17, 15) is 14.4 Å². The Morgan fingerprint density at radius 1 is 1.43 bits per heavy atom. The first kappa shape index (κ1) is 14.8. The van der Waals surface area contributed by atoms with E-state index in [2.05, 4.69) is 20.0 Å². The lowest BCUT2D eigenvalue weighted by atomic mass is 10.3. The summed E-state index contributed by atoms with van der Waals surface area (Å²) in [6, 6.07) is -1.03. The number of aliphatic hydroxyl groups excluding tert-OH is 1. The largest absolute Gasteiger partial charge is 0.467 e. The quantitative estimate of drug-likeness (QED) is 0.551. The Kier molecular flexibility index (Phi) is 3.80. The molecule has 0 aliphatic heterocycles. The van der Waals surface area contributed by atoms with Gasteiger partial charge in [0.15, 0.2) is 17.2 Å². The molecule has 10 heteroatoms. The van der Waals surface area contributed by atoms with Crippen molar-refractivity contribution in [1.82, 2.24) is 19.1 Å². The molecular weight excluding hydrogens is 282 g/mol. The van der Waals surface area contributed by atoms with E-state index < -0.39 is 29.9 Å². The lowest BCUT2D eigenvalue weighted by Gasteiger charge is -2.12. The van der Waals surface area contributed by atoms with Crippen molar-refractivity contribution in [2.45, 2.75) is 6.04 Å². The number of H-pyrrole nitrogens is 1. The van der Waals surface area contributed by atoms with Crippen LogP contribution in [0.15, 0.2) is 9.59 Å². The SMILES string of the molecule is COC(=O)C(CO)Nc1nc2c([nH]1)c(=O)n(C)c(=O)n2C. The highest BCUT2D eigenvalue weighted by molar-refractivity contribution is 5.80. The number of rotatable bonds is 4. The van der Waals surface area contributed by atoms with Crippen LogP contribution < -0.4 is 16.6 Å². The number of hydrogen-bond donors (Lipinski definition) is 3. The van der Waals surface area contributed by atoms with Gasteiger partial charge in [-0.15, -0.1) is 0 Å². The van der Waals surface area contributed by atoms with Crippen molar-refractivity contribution in [2.75, 3.05) is 19.0 Å². The third-order valence-corrected chi connectivity index (χ3v) is 3.07. The number of nitrogens with one attached hydrogen (secondary N) is 2. The molecule has 0 amide bonds. The van der Waals surface area contributed by atoms with Gasteiger partial charge in [0.1, 0.15) is 0 Å². The molecule has 2 rings (SSSR count). The smallest absolute Gasteiger partial charge is 0.332 e. The fraction of sp³-hybridized carbons (Fsp3) is 0.455. The minimum absolute atomic E-state index is 0.0766. The molecule has 10 nitrogen and oxygen atoms in total. The van der Waals surface area contributed by atoms with Crippen molar-refractivity contribution in [3.63, 3.8) is 0 Å². The number of esters is 1. The van der Waals surface area contributed by atoms with Crippen LogP contribution in [0.5, 0.6) is 0 Å². The number of ether oxygens (including phenoxy) is 1. The number of imidazole rings is 1. The number of aliphatic hydroxyl groups is 1. The lowest BCUT2D eigenvalue weighted by molar-refractivity contribution is -0.142. The van der Waals surface area contributed by atoms with E-state index in [4.69, 9.17) is 5.11 Å². The van der Waals surface area contributed by atoms with Gasteiger partial charge in [0.05, 0.1) is 13.7 Å². The van der Waals surface area contributed by atoms with E-state index in [0.29, 0.717) is 0 Å². The lowest BCUT2D eigenvalue weighted by Crippen LogP contribution is -2.36. The van der Waals surface area contributed by atoms with Gasteiger partial charge < -0.3 is 20.1 Å². The Morgan fingerprint density at radius 3 is 2.67 bits per heavy atom. The first-order valence-electron chi connectivity index (χ1n) is 6.01. The van der Waals surface area contributed by atoms with Gasteiger partial charge in [-0.2, -0.15) is 4.98 Å². The summed E-state index contributed by atoms with van der Waals surface area (Å²) in [4.78, 5) is 41.9. The Balaban J connectivity index is 2.52. The van der Waals surface area contributed by atoms with Gasteiger partial charge in [-0.05, 0) is 0 Å². The maximum absolute atomic E-state index is 12.0. The number of aromatic amines is 1. The first-order chi connectivity index (χ1) is 9.90. The average Bonchev–Trinajstić information content (AvgIpc) is 2.91. The first-order valence-corrected chi connectivity index (χ1v) is 6.01. The van der Waals surface area contributed by atoms with Crippen molar-refractivity contribution in [1.29, 1.82) is 0 Å². The molecule has 114 valence electrons. The summed E-state index contributed by atoms with van der Waals surface area (Å²) in [6.07, 6.45) is 0. The summed E-state index contributed by atoms with van der Waals surface area (Å²) < 4.78 is 6.65. The van der Waals surface area contributed by atoms with Crippen molar-refractivity contribution < 1.29 is 14.6 Å². The Bertz CT molecular complexity index is 802. The van der Waals surface area contributed by atoms with Gasteiger partial charge in [0, 0.05) is 14.1 Å². The molecule has 1 atom stereocenters. The zero-order chi connectivity index (χ0) is 15.7. The number of anilines is 1. The number of aromatic nitrogens is 4. The molecule has 2 aromatic heterocycles.